The van der Waals surface area contributed by atoms with E-state index < -0.39 is 0 Å². The predicted molar refractivity (Wildman–Crippen MR) is 78.4 cm³/mol. The van der Waals surface area contributed by atoms with Gasteiger partial charge in [0, 0.05) is 12.1 Å². The summed E-state index contributed by atoms with van der Waals surface area (Å²) >= 11 is 0. The monoisotopic (exact) mass is 291 g/mol. The molecule has 6 nitrogen and oxygen atoms in total. The van der Waals surface area contributed by atoms with Gasteiger partial charge >= 0.3 is 0 Å². The lowest BCUT2D eigenvalue weighted by Crippen LogP contribution is -2.15. The quantitative estimate of drug-likeness (QED) is 0.753. The second-order valence-corrected chi connectivity index (χ2v) is 4.71. The Hall–Kier alpha value is -2.08. The van der Waals surface area contributed by atoms with Crippen LogP contribution in [0.25, 0.3) is 0 Å². The van der Waals surface area contributed by atoms with Crippen molar-refractivity contribution in [3.05, 3.63) is 35.2 Å². The Morgan fingerprint density at radius 1 is 1.29 bits per heavy atom. The lowest BCUT2D eigenvalue weighted by Gasteiger charge is -2.14. The number of ether oxygens (including phenoxy) is 2. The molecule has 0 atom stereocenters. The molecule has 0 aliphatic heterocycles. The molecule has 0 saturated heterocycles. The van der Waals surface area contributed by atoms with Crippen LogP contribution in [0.15, 0.2) is 22.8 Å². The largest absolute Gasteiger partial charge is 0.493 e. The van der Waals surface area contributed by atoms with E-state index in [0.717, 1.165) is 36.5 Å². The highest BCUT2D eigenvalue weighted by Gasteiger charge is 2.13. The zero-order chi connectivity index (χ0) is 15.1. The van der Waals surface area contributed by atoms with E-state index in [-0.39, 0.29) is 0 Å². The van der Waals surface area contributed by atoms with Crippen molar-refractivity contribution in [2.45, 2.75) is 33.4 Å². The van der Waals surface area contributed by atoms with Crippen molar-refractivity contribution in [3.8, 4) is 11.5 Å². The number of hydrogen-bond donors (Lipinski definition) is 1. The molecular formula is C15H21N3O3. The summed E-state index contributed by atoms with van der Waals surface area (Å²) in [6, 6.07) is 5.86. The van der Waals surface area contributed by atoms with Crippen LogP contribution in [0, 0.1) is 6.92 Å². The summed E-state index contributed by atoms with van der Waals surface area (Å²) in [4.78, 5) is 0. The van der Waals surface area contributed by atoms with Gasteiger partial charge in [0.1, 0.15) is 18.0 Å². The van der Waals surface area contributed by atoms with E-state index in [0.29, 0.717) is 18.1 Å². The van der Waals surface area contributed by atoms with Gasteiger partial charge in [0.05, 0.1) is 7.11 Å². The number of methoxy groups -OCH3 is 1. The minimum atomic E-state index is 0.302. The summed E-state index contributed by atoms with van der Waals surface area (Å²) in [6.45, 7) is 5.97. The summed E-state index contributed by atoms with van der Waals surface area (Å²) in [6.07, 6.45) is 1.09. The molecule has 1 heterocycles. The number of hydrogen-bond acceptors (Lipinski definition) is 6. The maximum absolute atomic E-state index is 5.89. The molecule has 0 spiro atoms. The summed E-state index contributed by atoms with van der Waals surface area (Å²) in [5.41, 5.74) is 2.47. The molecule has 0 radical (unpaired) electrons. The highest BCUT2D eigenvalue weighted by molar-refractivity contribution is 5.46. The normalized spacial score (nSPS) is 10.6. The van der Waals surface area contributed by atoms with Gasteiger partial charge in [-0.05, 0) is 26.0 Å². The van der Waals surface area contributed by atoms with Crippen molar-refractivity contribution in [2.24, 2.45) is 0 Å². The first-order valence-corrected chi connectivity index (χ1v) is 7.03. The van der Waals surface area contributed by atoms with Crippen LogP contribution in [0.2, 0.25) is 0 Å². The molecule has 0 unspecified atom stereocenters. The van der Waals surface area contributed by atoms with Crippen LogP contribution in [0.5, 0.6) is 11.5 Å². The van der Waals surface area contributed by atoms with Gasteiger partial charge in [-0.2, -0.15) is 0 Å². The third kappa shape index (κ3) is 3.95. The van der Waals surface area contributed by atoms with Crippen LogP contribution < -0.4 is 14.8 Å². The van der Waals surface area contributed by atoms with Gasteiger partial charge in [-0.25, -0.2) is 4.63 Å². The van der Waals surface area contributed by atoms with Gasteiger partial charge in [0.2, 0.25) is 0 Å². The number of para-hydroxylation sites is 1. The SMILES string of the molecule is CCCNCc1cccc(OC)c1OCc1nonc1C. The van der Waals surface area contributed by atoms with Crippen LogP contribution in [0.3, 0.4) is 0 Å². The lowest BCUT2D eigenvalue weighted by molar-refractivity contribution is 0.258. The average Bonchev–Trinajstić information content (AvgIpc) is 2.91. The molecule has 2 rings (SSSR count). The van der Waals surface area contributed by atoms with E-state index in [4.69, 9.17) is 9.47 Å². The Labute approximate surface area is 124 Å². The van der Waals surface area contributed by atoms with Crippen molar-refractivity contribution in [3.63, 3.8) is 0 Å². The van der Waals surface area contributed by atoms with Gasteiger partial charge in [0.15, 0.2) is 11.5 Å². The molecule has 21 heavy (non-hydrogen) atoms. The van der Waals surface area contributed by atoms with Crippen LogP contribution in [-0.4, -0.2) is 24.0 Å². The molecule has 2 aromatic rings. The Bertz CT molecular complexity index is 569. The first-order chi connectivity index (χ1) is 10.3. The fourth-order valence-electron chi connectivity index (χ4n) is 1.95. The Kier molecular flexibility index (Phi) is 5.57. The maximum atomic E-state index is 5.89. The number of benzene rings is 1. The van der Waals surface area contributed by atoms with E-state index >= 15 is 0 Å². The van der Waals surface area contributed by atoms with Crippen molar-refractivity contribution in [2.75, 3.05) is 13.7 Å². The molecule has 0 aliphatic rings. The number of nitrogens with zero attached hydrogens (tertiary/aromatic N) is 2. The van der Waals surface area contributed by atoms with Crippen LogP contribution in [0.4, 0.5) is 0 Å². The van der Waals surface area contributed by atoms with E-state index in [1.165, 1.54) is 0 Å². The van der Waals surface area contributed by atoms with Crippen molar-refractivity contribution < 1.29 is 14.1 Å². The zero-order valence-corrected chi connectivity index (χ0v) is 12.7. The average molecular weight is 291 g/mol. The molecule has 6 heteroatoms. The molecule has 0 amide bonds. The smallest absolute Gasteiger partial charge is 0.166 e. The molecule has 114 valence electrons. The number of aromatic nitrogens is 2. The number of aryl methyl sites for hydroxylation is 1. The van der Waals surface area contributed by atoms with Crippen LogP contribution in [-0.2, 0) is 13.2 Å². The van der Waals surface area contributed by atoms with Gasteiger partial charge in [0.25, 0.3) is 0 Å². The Morgan fingerprint density at radius 3 is 2.81 bits per heavy atom. The standard InChI is InChI=1S/C15H21N3O3/c1-4-8-16-9-12-6-5-7-14(19-3)15(12)20-10-13-11(2)17-21-18-13/h5-7,16H,4,8-10H2,1-3H3. The summed E-state index contributed by atoms with van der Waals surface area (Å²) in [5, 5.41) is 10.9. The summed E-state index contributed by atoms with van der Waals surface area (Å²) in [5.74, 6) is 1.44. The van der Waals surface area contributed by atoms with Crippen LogP contribution in [0.1, 0.15) is 30.3 Å². The topological polar surface area (TPSA) is 69.4 Å². The predicted octanol–water partition coefficient (Wildman–Crippen LogP) is 2.47. The minimum Gasteiger partial charge on any atom is -0.493 e. The van der Waals surface area contributed by atoms with Crippen LogP contribution >= 0.6 is 0 Å². The second kappa shape index (κ2) is 7.64. The summed E-state index contributed by atoms with van der Waals surface area (Å²) < 4.78 is 15.9. The van der Waals surface area contributed by atoms with Gasteiger partial charge in [-0.3, -0.25) is 0 Å². The Balaban J connectivity index is 2.12. The van der Waals surface area contributed by atoms with E-state index in [1.54, 1.807) is 7.11 Å². The third-order valence-corrected chi connectivity index (χ3v) is 3.12. The molecule has 1 N–H and O–H groups in total. The fourth-order valence-corrected chi connectivity index (χ4v) is 1.95. The van der Waals surface area contributed by atoms with E-state index in [9.17, 15) is 0 Å². The first kappa shape index (κ1) is 15.3. The van der Waals surface area contributed by atoms with E-state index in [2.05, 4.69) is 27.2 Å². The van der Waals surface area contributed by atoms with Gasteiger partial charge in [-0.15, -0.1) is 0 Å². The molecule has 1 aromatic carbocycles. The summed E-state index contributed by atoms with van der Waals surface area (Å²) in [7, 11) is 1.63. The number of nitrogens with one attached hydrogen (secondary N) is 1. The Morgan fingerprint density at radius 2 is 2.14 bits per heavy atom. The molecule has 1 aromatic heterocycles. The van der Waals surface area contributed by atoms with E-state index in [1.807, 2.05) is 25.1 Å². The highest BCUT2D eigenvalue weighted by Crippen LogP contribution is 2.31. The van der Waals surface area contributed by atoms with Crippen molar-refractivity contribution in [1.29, 1.82) is 0 Å². The van der Waals surface area contributed by atoms with Gasteiger partial charge < -0.3 is 14.8 Å². The lowest BCUT2D eigenvalue weighted by atomic mass is 10.2. The highest BCUT2D eigenvalue weighted by atomic mass is 16.6. The molecular weight excluding hydrogens is 270 g/mol. The molecule has 0 fully saturated rings. The molecule has 0 saturated carbocycles. The maximum Gasteiger partial charge on any atom is 0.166 e. The first-order valence-electron chi connectivity index (χ1n) is 7.03. The van der Waals surface area contributed by atoms with Gasteiger partial charge in [-0.1, -0.05) is 29.4 Å². The number of rotatable bonds is 8. The van der Waals surface area contributed by atoms with Crippen molar-refractivity contribution >= 4 is 0 Å². The van der Waals surface area contributed by atoms with Crippen molar-refractivity contribution in [1.82, 2.24) is 15.6 Å². The molecule has 0 aliphatic carbocycles. The zero-order valence-electron chi connectivity index (χ0n) is 12.7. The third-order valence-electron chi connectivity index (χ3n) is 3.12. The minimum absolute atomic E-state index is 0.302. The molecule has 0 bridgehead atoms. The fraction of sp³-hybridized carbons (Fsp3) is 0.467. The second-order valence-electron chi connectivity index (χ2n) is 4.71.